The van der Waals surface area contributed by atoms with Crippen LogP contribution in [-0.2, 0) is 0 Å². The van der Waals surface area contributed by atoms with Crippen LogP contribution in [0.5, 0.6) is 0 Å². The van der Waals surface area contributed by atoms with Crippen LogP contribution in [0, 0.1) is 0 Å². The fourth-order valence-electron chi connectivity index (χ4n) is 0.971. The van der Waals surface area contributed by atoms with E-state index in [9.17, 15) is 0 Å². The van der Waals surface area contributed by atoms with Crippen molar-refractivity contribution in [3.8, 4) is 0 Å². The molecule has 2 heteroatoms. The first-order valence-electron chi connectivity index (χ1n) is 4.27. The van der Waals surface area contributed by atoms with Crippen molar-refractivity contribution in [3.63, 3.8) is 0 Å². The van der Waals surface area contributed by atoms with Crippen LogP contribution in [0.4, 0.5) is 0 Å². The van der Waals surface area contributed by atoms with E-state index in [1.54, 1.807) is 6.34 Å². The predicted octanol–water partition coefficient (Wildman–Crippen LogP) is 2.19. The zero-order valence-electron chi connectivity index (χ0n) is 7.77. The van der Waals surface area contributed by atoms with Gasteiger partial charge in [0.15, 0.2) is 0 Å². The smallest absolute Gasteiger partial charge is 0.0958 e. The van der Waals surface area contributed by atoms with Gasteiger partial charge < -0.3 is 5.32 Å². The average molecular weight is 174 g/mol. The van der Waals surface area contributed by atoms with Crippen LogP contribution in [0.1, 0.15) is 6.92 Å². The van der Waals surface area contributed by atoms with Gasteiger partial charge in [-0.2, -0.15) is 0 Å². The van der Waals surface area contributed by atoms with Gasteiger partial charge >= 0.3 is 0 Å². The second kappa shape index (κ2) is 5.14. The first kappa shape index (κ1) is 9.52. The normalized spacial score (nSPS) is 21.2. The molecule has 0 spiro atoms. The Morgan fingerprint density at radius 2 is 2.38 bits per heavy atom. The van der Waals surface area contributed by atoms with E-state index in [2.05, 4.69) is 16.9 Å². The van der Waals surface area contributed by atoms with Gasteiger partial charge in [0.25, 0.3) is 0 Å². The summed E-state index contributed by atoms with van der Waals surface area (Å²) in [6, 6.07) is 0.0859. The Bertz CT molecular complexity index is 270. The predicted molar refractivity (Wildman–Crippen MR) is 57.6 cm³/mol. The molecular formula is C11H14N2. The van der Waals surface area contributed by atoms with E-state index in [1.807, 2.05) is 43.5 Å². The molecule has 1 N–H and O–H groups in total. The largest absolute Gasteiger partial charge is 0.353 e. The molecule has 0 fully saturated rings. The molecule has 0 aromatic carbocycles. The first-order chi connectivity index (χ1) is 6.34. The van der Waals surface area contributed by atoms with Crippen molar-refractivity contribution in [2.75, 3.05) is 0 Å². The lowest BCUT2D eigenvalue weighted by atomic mass is 10.1. The summed E-state index contributed by atoms with van der Waals surface area (Å²) in [4.78, 5) is 4.21. The molecule has 1 rings (SSSR count). The highest BCUT2D eigenvalue weighted by molar-refractivity contribution is 5.59. The SMILES string of the molecule is C=C(/C=C\C=C/C)C1C=CNC=N1. The summed E-state index contributed by atoms with van der Waals surface area (Å²) in [5.41, 5.74) is 0.993. The zero-order valence-corrected chi connectivity index (χ0v) is 7.77. The number of hydrogen-bond donors (Lipinski definition) is 1. The molecule has 0 bridgehead atoms. The van der Waals surface area contributed by atoms with Gasteiger partial charge in [0, 0.05) is 6.20 Å². The van der Waals surface area contributed by atoms with Crippen molar-refractivity contribution in [3.05, 3.63) is 48.7 Å². The van der Waals surface area contributed by atoms with Crippen molar-refractivity contribution in [2.24, 2.45) is 4.99 Å². The van der Waals surface area contributed by atoms with Gasteiger partial charge in [0.1, 0.15) is 0 Å². The van der Waals surface area contributed by atoms with Gasteiger partial charge in [0.05, 0.1) is 12.4 Å². The lowest BCUT2D eigenvalue weighted by Crippen LogP contribution is -2.14. The Labute approximate surface area is 79.1 Å². The van der Waals surface area contributed by atoms with Crippen molar-refractivity contribution >= 4 is 6.34 Å². The Balaban J connectivity index is 2.52. The molecule has 0 amide bonds. The molecule has 1 heterocycles. The Hall–Kier alpha value is -1.57. The van der Waals surface area contributed by atoms with Crippen LogP contribution in [0.2, 0.25) is 0 Å². The molecule has 1 aliphatic heterocycles. The third-order valence-corrected chi connectivity index (χ3v) is 1.68. The zero-order chi connectivity index (χ0) is 9.52. The molecule has 68 valence electrons. The second-order valence-corrected chi connectivity index (χ2v) is 2.71. The van der Waals surface area contributed by atoms with Crippen LogP contribution in [0.3, 0.4) is 0 Å². The summed E-state index contributed by atoms with van der Waals surface area (Å²) < 4.78 is 0. The maximum Gasteiger partial charge on any atom is 0.0958 e. The number of hydrogen-bond acceptors (Lipinski definition) is 2. The van der Waals surface area contributed by atoms with Crippen LogP contribution >= 0.6 is 0 Å². The summed E-state index contributed by atoms with van der Waals surface area (Å²) in [7, 11) is 0. The van der Waals surface area contributed by atoms with Crippen LogP contribution < -0.4 is 5.32 Å². The quantitative estimate of drug-likeness (QED) is 0.652. The highest BCUT2D eigenvalue weighted by Gasteiger charge is 2.04. The Morgan fingerprint density at radius 1 is 1.54 bits per heavy atom. The third-order valence-electron chi connectivity index (χ3n) is 1.68. The number of aliphatic imine (C=N–C) groups is 1. The summed E-state index contributed by atoms with van der Waals surface area (Å²) in [6.45, 7) is 5.92. The monoisotopic (exact) mass is 174 g/mol. The van der Waals surface area contributed by atoms with Crippen LogP contribution in [-0.4, -0.2) is 12.4 Å². The standard InChI is InChI=1S/C11H14N2/c1-3-4-5-6-10(2)11-7-8-12-9-13-11/h3-9,11H,2H2,1H3,(H,12,13)/b4-3-,6-5-. The third kappa shape index (κ3) is 3.11. The van der Waals surface area contributed by atoms with E-state index in [0.29, 0.717) is 0 Å². The summed E-state index contributed by atoms with van der Waals surface area (Å²) in [5, 5.41) is 2.89. The molecular weight excluding hydrogens is 160 g/mol. The minimum Gasteiger partial charge on any atom is -0.353 e. The van der Waals surface area contributed by atoms with E-state index in [-0.39, 0.29) is 6.04 Å². The highest BCUT2D eigenvalue weighted by atomic mass is 15.0. The van der Waals surface area contributed by atoms with E-state index < -0.39 is 0 Å². The number of nitrogens with zero attached hydrogens (tertiary/aromatic N) is 1. The van der Waals surface area contributed by atoms with Gasteiger partial charge in [-0.15, -0.1) is 0 Å². The summed E-state index contributed by atoms with van der Waals surface area (Å²) in [5.74, 6) is 0. The maximum atomic E-state index is 4.21. The molecule has 0 aromatic rings. The van der Waals surface area contributed by atoms with E-state index in [4.69, 9.17) is 0 Å². The maximum absolute atomic E-state index is 4.21. The number of allylic oxidation sites excluding steroid dienone is 3. The van der Waals surface area contributed by atoms with Gasteiger partial charge in [-0.3, -0.25) is 4.99 Å². The first-order valence-corrected chi connectivity index (χ1v) is 4.27. The van der Waals surface area contributed by atoms with Crippen molar-refractivity contribution < 1.29 is 0 Å². The number of nitrogens with one attached hydrogen (secondary N) is 1. The number of rotatable bonds is 3. The highest BCUT2D eigenvalue weighted by Crippen LogP contribution is 2.08. The molecule has 0 saturated heterocycles. The fraction of sp³-hybridized carbons (Fsp3) is 0.182. The molecule has 0 aromatic heterocycles. The van der Waals surface area contributed by atoms with Crippen molar-refractivity contribution in [2.45, 2.75) is 13.0 Å². The molecule has 13 heavy (non-hydrogen) atoms. The molecule has 0 saturated carbocycles. The van der Waals surface area contributed by atoms with Crippen LogP contribution in [0.15, 0.2) is 53.7 Å². The lowest BCUT2D eigenvalue weighted by molar-refractivity contribution is 0.948. The second-order valence-electron chi connectivity index (χ2n) is 2.71. The molecule has 0 aliphatic carbocycles. The Kier molecular flexibility index (Phi) is 3.76. The Morgan fingerprint density at radius 3 is 3.00 bits per heavy atom. The fourth-order valence-corrected chi connectivity index (χ4v) is 0.971. The molecule has 1 aliphatic rings. The summed E-state index contributed by atoms with van der Waals surface area (Å²) in [6.07, 6.45) is 13.4. The minimum atomic E-state index is 0.0859. The van der Waals surface area contributed by atoms with Crippen molar-refractivity contribution in [1.29, 1.82) is 0 Å². The topological polar surface area (TPSA) is 24.4 Å². The molecule has 1 atom stereocenters. The van der Waals surface area contributed by atoms with Gasteiger partial charge in [-0.25, -0.2) is 0 Å². The molecule has 2 nitrogen and oxygen atoms in total. The summed E-state index contributed by atoms with van der Waals surface area (Å²) >= 11 is 0. The van der Waals surface area contributed by atoms with Crippen molar-refractivity contribution in [1.82, 2.24) is 5.32 Å². The molecule has 0 radical (unpaired) electrons. The molecule has 1 unspecified atom stereocenters. The van der Waals surface area contributed by atoms with Gasteiger partial charge in [-0.05, 0) is 18.6 Å². The van der Waals surface area contributed by atoms with Gasteiger partial charge in [0.2, 0.25) is 0 Å². The van der Waals surface area contributed by atoms with Crippen LogP contribution in [0.25, 0.3) is 0 Å². The lowest BCUT2D eigenvalue weighted by Gasteiger charge is -2.10. The van der Waals surface area contributed by atoms with Gasteiger partial charge in [-0.1, -0.05) is 30.9 Å². The van der Waals surface area contributed by atoms with E-state index in [0.717, 1.165) is 5.57 Å². The average Bonchev–Trinajstić information content (AvgIpc) is 2.19. The van der Waals surface area contributed by atoms with E-state index in [1.165, 1.54) is 0 Å². The minimum absolute atomic E-state index is 0.0859. The van der Waals surface area contributed by atoms with E-state index >= 15 is 0 Å².